The molecule has 0 aromatic carbocycles. The van der Waals surface area contributed by atoms with Gasteiger partial charge < -0.3 is 10.2 Å². The summed E-state index contributed by atoms with van der Waals surface area (Å²) in [5.41, 5.74) is 0. The summed E-state index contributed by atoms with van der Waals surface area (Å²) in [5, 5.41) is 33.5. The van der Waals surface area contributed by atoms with Crippen LogP contribution in [0.5, 0.6) is 0 Å². The number of nitrogens with zero attached hydrogens (tertiary/aromatic N) is 4. The molecule has 0 heterocycles. The molecule has 23 heavy (non-hydrogen) atoms. The molecule has 0 unspecified atom stereocenters. The van der Waals surface area contributed by atoms with E-state index >= 15 is 0 Å². The molecule has 0 aliphatic carbocycles. The van der Waals surface area contributed by atoms with Gasteiger partial charge in [0.2, 0.25) is 0 Å². The summed E-state index contributed by atoms with van der Waals surface area (Å²) in [6, 6.07) is 0. The van der Waals surface area contributed by atoms with E-state index in [1.807, 2.05) is 13.8 Å². The Balaban J connectivity index is -0.00000200. The Morgan fingerprint density at radius 3 is 1.39 bits per heavy atom. The number of hydrogen-bond donors (Lipinski definition) is 0. The summed E-state index contributed by atoms with van der Waals surface area (Å²) >= 11 is 10.2. The molecule has 0 spiro atoms. The summed E-state index contributed by atoms with van der Waals surface area (Å²) in [6.07, 6.45) is 2.71. The average Bonchev–Trinajstić information content (AvgIpc) is 2.38. The van der Waals surface area contributed by atoms with Gasteiger partial charge in [0.15, 0.2) is 0 Å². The Bertz CT molecular complexity index is 396. The first-order chi connectivity index (χ1) is 9.81. The number of rotatable bonds is 8. The van der Waals surface area contributed by atoms with E-state index in [1.165, 1.54) is 10.0 Å². The van der Waals surface area contributed by atoms with Crippen LogP contribution in [0.15, 0.2) is 10.2 Å². The van der Waals surface area contributed by atoms with Crippen molar-refractivity contribution in [1.82, 2.24) is 10.0 Å². The van der Waals surface area contributed by atoms with Gasteiger partial charge in [-0.1, -0.05) is 38.3 Å². The fraction of sp³-hybridized carbons (Fsp3) is 0.692. The fourth-order valence-corrected chi connectivity index (χ4v) is 1.89. The maximum Gasteiger partial charge on any atom is 1.00 e. The summed E-state index contributed by atoms with van der Waals surface area (Å²) < 4.78 is 0. The van der Waals surface area contributed by atoms with E-state index < -0.39 is 18.2 Å². The van der Waals surface area contributed by atoms with Crippen LogP contribution in [0.2, 0.25) is 0 Å². The normalized spacial score (nSPS) is 11.1. The van der Waals surface area contributed by atoms with Crippen LogP contribution in [0, 0.1) is 0 Å². The number of thiocarbonyl (C=S) groups is 2. The second-order valence-electron chi connectivity index (χ2n) is 4.50. The van der Waals surface area contributed by atoms with Crippen molar-refractivity contribution in [2.24, 2.45) is 10.2 Å². The molecule has 0 aliphatic rings. The molecule has 6 nitrogen and oxygen atoms in total. The Morgan fingerprint density at radius 1 is 0.826 bits per heavy atom. The quantitative estimate of drug-likeness (QED) is 0.139. The van der Waals surface area contributed by atoms with E-state index in [1.54, 1.807) is 14.1 Å². The summed E-state index contributed by atoms with van der Waals surface area (Å²) in [7, 11) is 3.19. The minimum absolute atomic E-state index is 0. The second-order valence-corrected chi connectivity index (χ2v) is 5.44. The average molecular weight is 376 g/mol. The Labute approximate surface area is 194 Å². The molecule has 0 fully saturated rings. The van der Waals surface area contributed by atoms with Crippen molar-refractivity contribution in [3.8, 4) is 0 Å². The molecule has 0 saturated carbocycles. The maximum atomic E-state index is 11.6. The first-order valence-corrected chi connectivity index (χ1v) is 7.65. The minimum Gasteiger partial charge on any atom is -0.860 e. The summed E-state index contributed by atoms with van der Waals surface area (Å²) in [5.74, 6) is -1.14. The van der Waals surface area contributed by atoms with E-state index in [0.717, 1.165) is 12.8 Å². The molecule has 0 rings (SSSR count). The van der Waals surface area contributed by atoms with Gasteiger partial charge in [-0.25, -0.2) is 0 Å². The van der Waals surface area contributed by atoms with Gasteiger partial charge in [0, 0.05) is 20.5 Å². The van der Waals surface area contributed by atoms with Crippen LogP contribution in [0.4, 0.5) is 0 Å². The van der Waals surface area contributed by atoms with Crippen molar-refractivity contribution in [3.05, 3.63) is 0 Å². The predicted molar refractivity (Wildman–Crippen MR) is 90.0 cm³/mol. The summed E-state index contributed by atoms with van der Waals surface area (Å²) in [6.45, 7) is 3.97. The van der Waals surface area contributed by atoms with E-state index in [0.29, 0.717) is 22.8 Å². The van der Waals surface area contributed by atoms with E-state index in [9.17, 15) is 10.2 Å². The van der Waals surface area contributed by atoms with Crippen molar-refractivity contribution in [2.75, 3.05) is 14.1 Å². The molecule has 0 saturated heterocycles. The van der Waals surface area contributed by atoms with Crippen LogP contribution in [-0.4, -0.2) is 45.9 Å². The van der Waals surface area contributed by atoms with Gasteiger partial charge in [0.05, 0.1) is 9.98 Å². The SMILES string of the molecule is CCCC(=S)N(C)/N=C(\[O-])C/C([O-])=N/N(C)C(=S)CCC.[Na+].[Na+]. The molecule has 0 atom stereocenters. The van der Waals surface area contributed by atoms with Crippen molar-refractivity contribution in [1.29, 1.82) is 0 Å². The van der Waals surface area contributed by atoms with Gasteiger partial charge in [0.1, 0.15) is 0 Å². The Kier molecular flexibility index (Phi) is 20.1. The predicted octanol–water partition coefficient (Wildman–Crippen LogP) is -5.15. The van der Waals surface area contributed by atoms with Crippen molar-refractivity contribution < 1.29 is 69.3 Å². The van der Waals surface area contributed by atoms with Gasteiger partial charge in [0.25, 0.3) is 0 Å². The van der Waals surface area contributed by atoms with Crippen LogP contribution in [-0.2, 0) is 0 Å². The molecular formula is C13H22N4Na2O2S2. The molecule has 0 bridgehead atoms. The van der Waals surface area contributed by atoms with E-state index in [2.05, 4.69) is 10.2 Å². The van der Waals surface area contributed by atoms with Crippen LogP contribution < -0.4 is 69.3 Å². The van der Waals surface area contributed by atoms with Crippen molar-refractivity contribution in [2.45, 2.75) is 46.0 Å². The van der Waals surface area contributed by atoms with Crippen LogP contribution in [0.1, 0.15) is 46.0 Å². The first kappa shape index (κ1) is 28.5. The molecule has 0 N–H and O–H groups in total. The van der Waals surface area contributed by atoms with E-state index in [4.69, 9.17) is 24.4 Å². The van der Waals surface area contributed by atoms with Gasteiger partial charge in [-0.05, 0) is 37.5 Å². The molecule has 0 amide bonds. The summed E-state index contributed by atoms with van der Waals surface area (Å²) in [4.78, 5) is 1.13. The Hall–Kier alpha value is 0.720. The molecule has 0 aromatic rings. The van der Waals surface area contributed by atoms with Crippen molar-refractivity contribution >= 4 is 46.2 Å². The van der Waals surface area contributed by atoms with Gasteiger partial charge >= 0.3 is 59.1 Å². The topological polar surface area (TPSA) is 77.3 Å². The maximum absolute atomic E-state index is 11.6. The second kappa shape index (κ2) is 16.2. The molecule has 0 radical (unpaired) electrons. The third kappa shape index (κ3) is 13.7. The fourth-order valence-electron chi connectivity index (χ4n) is 1.40. The van der Waals surface area contributed by atoms with Crippen LogP contribution in [0.3, 0.4) is 0 Å². The zero-order valence-electron chi connectivity index (χ0n) is 15.0. The smallest absolute Gasteiger partial charge is 0.860 e. The number of hydrogen-bond acceptors (Lipinski definition) is 6. The van der Waals surface area contributed by atoms with Gasteiger partial charge in [-0.2, -0.15) is 10.2 Å². The standard InChI is InChI=1S/C13H24N4O2S2.2Na/c1-5-7-12(20)16(3)14-10(18)9-11(19)15-17(4)13(21)8-6-2;;/h5-9H2,1-4H3,(H,14,18)(H,15,19);;/q;2*+1/p-2. The monoisotopic (exact) mass is 376 g/mol. The zero-order chi connectivity index (χ0) is 16.4. The third-order valence-corrected chi connectivity index (χ3v) is 3.41. The van der Waals surface area contributed by atoms with Gasteiger partial charge in [-0.3, -0.25) is 10.0 Å². The molecule has 0 aromatic heterocycles. The minimum atomic E-state index is -0.570. The first-order valence-electron chi connectivity index (χ1n) is 6.83. The number of hydrazone groups is 2. The van der Waals surface area contributed by atoms with Crippen molar-refractivity contribution in [3.63, 3.8) is 0 Å². The Morgan fingerprint density at radius 2 is 1.13 bits per heavy atom. The molecule has 10 heteroatoms. The molecule has 120 valence electrons. The van der Waals surface area contributed by atoms with Gasteiger partial charge in [-0.15, -0.1) is 0 Å². The van der Waals surface area contributed by atoms with Crippen LogP contribution >= 0.6 is 24.4 Å². The zero-order valence-corrected chi connectivity index (χ0v) is 20.6. The van der Waals surface area contributed by atoms with E-state index in [-0.39, 0.29) is 59.1 Å². The van der Waals surface area contributed by atoms with Crippen LogP contribution in [0.25, 0.3) is 0 Å². The largest absolute Gasteiger partial charge is 1.00 e. The third-order valence-electron chi connectivity index (χ3n) is 2.48. The molecular weight excluding hydrogens is 354 g/mol. The molecule has 0 aliphatic heterocycles.